The second kappa shape index (κ2) is 7.79. The van der Waals surface area contributed by atoms with E-state index in [0.29, 0.717) is 16.6 Å². The first-order valence-electron chi connectivity index (χ1n) is 7.88. The van der Waals surface area contributed by atoms with E-state index in [1.807, 2.05) is 31.2 Å². The van der Waals surface area contributed by atoms with Crippen molar-refractivity contribution in [1.29, 1.82) is 0 Å². The maximum atomic E-state index is 12.2. The third-order valence-corrected chi connectivity index (χ3v) is 4.11. The summed E-state index contributed by atoms with van der Waals surface area (Å²) in [5.41, 5.74) is 1.99. The second-order valence-corrected chi connectivity index (χ2v) is 6.47. The highest BCUT2D eigenvalue weighted by molar-refractivity contribution is 7.14. The van der Waals surface area contributed by atoms with E-state index >= 15 is 0 Å². The number of anilines is 2. The molecule has 0 aliphatic carbocycles. The third-order valence-electron chi connectivity index (χ3n) is 3.36. The minimum absolute atomic E-state index is 0.226. The van der Waals surface area contributed by atoms with Gasteiger partial charge in [-0.15, -0.1) is 11.3 Å². The fourth-order valence-electron chi connectivity index (χ4n) is 2.20. The van der Waals surface area contributed by atoms with Crippen molar-refractivity contribution in [2.24, 2.45) is 0 Å². The number of thiazole rings is 1. The number of hydrogen-bond donors (Lipinski definition) is 2. The molecule has 0 fully saturated rings. The molecule has 0 aliphatic heterocycles. The molecule has 0 radical (unpaired) electrons. The van der Waals surface area contributed by atoms with Crippen LogP contribution in [0.3, 0.4) is 0 Å². The van der Waals surface area contributed by atoms with Gasteiger partial charge in [0.2, 0.25) is 5.91 Å². The number of nitrogens with zero attached hydrogens (tertiary/aromatic N) is 1. The molecule has 0 saturated carbocycles. The Morgan fingerprint density at radius 1 is 1.04 bits per heavy atom. The molecule has 2 amide bonds. The number of rotatable bonds is 5. The Labute approximate surface area is 154 Å². The van der Waals surface area contributed by atoms with Crippen molar-refractivity contribution in [3.63, 3.8) is 0 Å². The Balaban J connectivity index is 1.62. The molecule has 3 rings (SSSR count). The van der Waals surface area contributed by atoms with Crippen molar-refractivity contribution in [2.45, 2.75) is 13.8 Å². The summed E-state index contributed by atoms with van der Waals surface area (Å²) in [6, 6.07) is 14.8. The van der Waals surface area contributed by atoms with Gasteiger partial charge in [0.15, 0.2) is 5.13 Å². The highest BCUT2D eigenvalue weighted by Gasteiger charge is 2.12. The van der Waals surface area contributed by atoms with Gasteiger partial charge in [-0.3, -0.25) is 9.59 Å². The number of hydrogen-bond acceptors (Lipinski definition) is 5. The lowest BCUT2D eigenvalue weighted by molar-refractivity contribution is -0.114. The number of ether oxygens (including phenoxy) is 1. The molecule has 0 spiro atoms. The van der Waals surface area contributed by atoms with Crippen molar-refractivity contribution < 1.29 is 14.3 Å². The van der Waals surface area contributed by atoms with E-state index in [1.165, 1.54) is 18.3 Å². The normalized spacial score (nSPS) is 10.2. The number of carbonyl (C=O) groups is 2. The van der Waals surface area contributed by atoms with Crippen molar-refractivity contribution >= 4 is 34.0 Å². The van der Waals surface area contributed by atoms with Crippen LogP contribution in [0.4, 0.5) is 10.8 Å². The highest BCUT2D eigenvalue weighted by atomic mass is 32.1. The minimum Gasteiger partial charge on any atom is -0.457 e. The molecule has 0 bridgehead atoms. The van der Waals surface area contributed by atoms with Crippen LogP contribution >= 0.6 is 11.3 Å². The molecule has 132 valence electrons. The zero-order chi connectivity index (χ0) is 18.5. The van der Waals surface area contributed by atoms with Crippen LogP contribution in [0, 0.1) is 6.92 Å². The Morgan fingerprint density at radius 3 is 2.50 bits per heavy atom. The van der Waals surface area contributed by atoms with Crippen LogP contribution in [0.15, 0.2) is 53.9 Å². The summed E-state index contributed by atoms with van der Waals surface area (Å²) < 4.78 is 5.78. The lowest BCUT2D eigenvalue weighted by atomic mass is 10.2. The van der Waals surface area contributed by atoms with Gasteiger partial charge in [-0.1, -0.05) is 12.1 Å². The molecule has 2 N–H and O–H groups in total. The van der Waals surface area contributed by atoms with Crippen molar-refractivity contribution in [2.75, 3.05) is 10.6 Å². The van der Waals surface area contributed by atoms with Crippen molar-refractivity contribution in [3.05, 3.63) is 65.2 Å². The van der Waals surface area contributed by atoms with Crippen molar-refractivity contribution in [1.82, 2.24) is 4.98 Å². The number of aromatic nitrogens is 1. The molecule has 1 aromatic heterocycles. The van der Waals surface area contributed by atoms with Crippen LogP contribution in [-0.4, -0.2) is 16.8 Å². The average Bonchev–Trinajstić information content (AvgIpc) is 3.04. The van der Waals surface area contributed by atoms with Gasteiger partial charge in [0.25, 0.3) is 5.91 Å². The van der Waals surface area contributed by atoms with Crippen LogP contribution in [0.5, 0.6) is 11.5 Å². The molecule has 7 heteroatoms. The third kappa shape index (κ3) is 4.67. The molecular formula is C19H17N3O3S. The topological polar surface area (TPSA) is 80.3 Å². The average molecular weight is 367 g/mol. The predicted molar refractivity (Wildman–Crippen MR) is 102 cm³/mol. The first kappa shape index (κ1) is 17.6. The molecule has 0 unspecified atom stereocenters. The lowest BCUT2D eigenvalue weighted by Crippen LogP contribution is -2.13. The van der Waals surface area contributed by atoms with E-state index < -0.39 is 0 Å². The number of amides is 2. The molecule has 0 saturated heterocycles. The molecule has 1 heterocycles. The van der Waals surface area contributed by atoms with E-state index in [9.17, 15) is 9.59 Å². The van der Waals surface area contributed by atoms with E-state index in [0.717, 1.165) is 11.3 Å². The Hall–Kier alpha value is -3.19. The SMILES string of the molecule is CC(=O)Nc1nc(C(=O)Nc2ccc(Oc3cccc(C)c3)cc2)cs1. The van der Waals surface area contributed by atoms with Crippen LogP contribution < -0.4 is 15.4 Å². The fraction of sp³-hybridized carbons (Fsp3) is 0.105. The Bertz CT molecular complexity index is 935. The number of benzene rings is 2. The molecule has 0 atom stereocenters. The van der Waals surface area contributed by atoms with Gasteiger partial charge in [-0.2, -0.15) is 0 Å². The second-order valence-electron chi connectivity index (χ2n) is 5.62. The zero-order valence-electron chi connectivity index (χ0n) is 14.3. The maximum absolute atomic E-state index is 12.2. The van der Waals surface area contributed by atoms with E-state index in [4.69, 9.17) is 4.74 Å². The van der Waals surface area contributed by atoms with Gasteiger partial charge in [0, 0.05) is 18.0 Å². The zero-order valence-corrected chi connectivity index (χ0v) is 15.1. The molecule has 6 nitrogen and oxygen atoms in total. The number of carbonyl (C=O) groups excluding carboxylic acids is 2. The number of aryl methyl sites for hydroxylation is 1. The molecular weight excluding hydrogens is 350 g/mol. The first-order valence-corrected chi connectivity index (χ1v) is 8.76. The van der Waals surface area contributed by atoms with Crippen LogP contribution in [0.2, 0.25) is 0 Å². The van der Waals surface area contributed by atoms with Gasteiger partial charge < -0.3 is 15.4 Å². The summed E-state index contributed by atoms with van der Waals surface area (Å²) in [5.74, 6) is 0.866. The minimum atomic E-state index is -0.342. The fourth-order valence-corrected chi connectivity index (χ4v) is 2.94. The standard InChI is InChI=1S/C19H17N3O3S/c1-12-4-3-5-16(10-12)25-15-8-6-14(7-9-15)21-18(24)17-11-26-19(22-17)20-13(2)23/h3-11H,1-2H3,(H,21,24)(H,20,22,23). The lowest BCUT2D eigenvalue weighted by Gasteiger charge is -2.08. The summed E-state index contributed by atoms with van der Waals surface area (Å²) in [7, 11) is 0. The van der Waals surface area contributed by atoms with Crippen LogP contribution in [0.25, 0.3) is 0 Å². The highest BCUT2D eigenvalue weighted by Crippen LogP contribution is 2.24. The molecule has 0 aliphatic rings. The van der Waals surface area contributed by atoms with E-state index in [-0.39, 0.29) is 17.5 Å². The summed E-state index contributed by atoms with van der Waals surface area (Å²) >= 11 is 1.20. The summed E-state index contributed by atoms with van der Waals surface area (Å²) in [5, 5.41) is 7.30. The maximum Gasteiger partial charge on any atom is 0.275 e. The Kier molecular flexibility index (Phi) is 5.28. The first-order chi connectivity index (χ1) is 12.5. The quantitative estimate of drug-likeness (QED) is 0.698. The van der Waals surface area contributed by atoms with Crippen LogP contribution in [0.1, 0.15) is 23.0 Å². The van der Waals surface area contributed by atoms with E-state index in [1.54, 1.807) is 29.6 Å². The van der Waals surface area contributed by atoms with Gasteiger partial charge in [0.05, 0.1) is 0 Å². The summed E-state index contributed by atoms with van der Waals surface area (Å²) in [6.45, 7) is 3.39. The van der Waals surface area contributed by atoms with Gasteiger partial charge in [-0.25, -0.2) is 4.98 Å². The molecule has 2 aromatic carbocycles. The van der Waals surface area contributed by atoms with Crippen molar-refractivity contribution in [3.8, 4) is 11.5 Å². The largest absolute Gasteiger partial charge is 0.457 e. The van der Waals surface area contributed by atoms with Gasteiger partial charge >= 0.3 is 0 Å². The smallest absolute Gasteiger partial charge is 0.275 e. The molecule has 3 aromatic rings. The Morgan fingerprint density at radius 2 is 1.81 bits per heavy atom. The van der Waals surface area contributed by atoms with Crippen LogP contribution in [-0.2, 0) is 4.79 Å². The summed E-state index contributed by atoms with van der Waals surface area (Å²) in [4.78, 5) is 27.3. The monoisotopic (exact) mass is 367 g/mol. The summed E-state index contributed by atoms with van der Waals surface area (Å²) in [6.07, 6.45) is 0. The van der Waals surface area contributed by atoms with Gasteiger partial charge in [-0.05, 0) is 48.9 Å². The van der Waals surface area contributed by atoms with E-state index in [2.05, 4.69) is 15.6 Å². The molecule has 26 heavy (non-hydrogen) atoms. The van der Waals surface area contributed by atoms with Gasteiger partial charge in [0.1, 0.15) is 17.2 Å². The number of nitrogens with one attached hydrogen (secondary N) is 2. The predicted octanol–water partition coefficient (Wildman–Crippen LogP) is 4.45.